The molecule has 11 atom stereocenters. The Kier molecular flexibility index (Phi) is 5.17. The van der Waals surface area contributed by atoms with Gasteiger partial charge in [0.2, 0.25) is 6.10 Å². The highest BCUT2D eigenvalue weighted by Gasteiger charge is 2.83. The SMILES string of the molecule is CC1=CC(=O)[C@@H](O)[C@]2(C)[C@H]3[C@]4(O)OC[C@]35[C@H]([C@@H](C)[C@H]4O)[C@@H](OC(=O)CC(C)C)C(=O)O[C@@H]5C[C@@H]12. The molecule has 1 spiro atoms. The van der Waals surface area contributed by atoms with Crippen molar-refractivity contribution in [2.45, 2.75) is 77.7 Å². The number of hydrogen-bond acceptors (Lipinski definition) is 9. The molecule has 188 valence electrons. The maximum atomic E-state index is 13.2. The van der Waals surface area contributed by atoms with E-state index < -0.39 is 76.5 Å². The summed E-state index contributed by atoms with van der Waals surface area (Å²) in [5.41, 5.74) is -1.51. The van der Waals surface area contributed by atoms with Gasteiger partial charge in [-0.3, -0.25) is 9.59 Å². The Bertz CT molecular complexity index is 973. The molecule has 0 aromatic heterocycles. The maximum Gasteiger partial charge on any atom is 0.348 e. The summed E-state index contributed by atoms with van der Waals surface area (Å²) in [5.74, 6) is -6.44. The highest BCUT2D eigenvalue weighted by molar-refractivity contribution is 5.96. The lowest BCUT2D eigenvalue weighted by Crippen LogP contribution is -2.78. The van der Waals surface area contributed by atoms with Gasteiger partial charge in [0.25, 0.3) is 0 Å². The van der Waals surface area contributed by atoms with E-state index >= 15 is 0 Å². The van der Waals surface area contributed by atoms with Crippen molar-refractivity contribution in [3.05, 3.63) is 11.6 Å². The third-order valence-electron chi connectivity index (χ3n) is 9.46. The number of hydrogen-bond donors (Lipinski definition) is 3. The summed E-state index contributed by atoms with van der Waals surface area (Å²) in [4.78, 5) is 38.6. The lowest BCUT2D eigenvalue weighted by molar-refractivity contribution is -0.340. The zero-order chi connectivity index (χ0) is 25.0. The first-order valence-electron chi connectivity index (χ1n) is 12.1. The van der Waals surface area contributed by atoms with E-state index in [1.165, 1.54) is 6.08 Å². The zero-order valence-electron chi connectivity index (χ0n) is 20.2. The molecule has 0 aromatic carbocycles. The molecule has 9 nitrogen and oxygen atoms in total. The van der Waals surface area contributed by atoms with Gasteiger partial charge in [0, 0.05) is 29.1 Å². The molecule has 4 fully saturated rings. The van der Waals surface area contributed by atoms with Crippen molar-refractivity contribution in [2.24, 2.45) is 40.4 Å². The summed E-state index contributed by atoms with van der Waals surface area (Å²) in [7, 11) is 0. The van der Waals surface area contributed by atoms with Crippen LogP contribution in [0.4, 0.5) is 0 Å². The first-order chi connectivity index (χ1) is 15.8. The summed E-state index contributed by atoms with van der Waals surface area (Å²) < 4.78 is 17.5. The smallest absolute Gasteiger partial charge is 0.348 e. The van der Waals surface area contributed by atoms with Gasteiger partial charge in [-0.2, -0.15) is 0 Å². The molecular formula is C25H34O9. The van der Waals surface area contributed by atoms with Crippen molar-refractivity contribution in [3.63, 3.8) is 0 Å². The zero-order valence-corrected chi connectivity index (χ0v) is 20.2. The van der Waals surface area contributed by atoms with Gasteiger partial charge in [-0.25, -0.2) is 4.79 Å². The van der Waals surface area contributed by atoms with Crippen molar-refractivity contribution in [3.8, 4) is 0 Å². The predicted molar refractivity (Wildman–Crippen MR) is 116 cm³/mol. The van der Waals surface area contributed by atoms with Crippen molar-refractivity contribution < 1.29 is 43.9 Å². The molecule has 2 bridgehead atoms. The van der Waals surface area contributed by atoms with Gasteiger partial charge >= 0.3 is 11.9 Å². The number of esters is 2. The van der Waals surface area contributed by atoms with Crippen LogP contribution in [0, 0.1) is 40.4 Å². The minimum absolute atomic E-state index is 0.0209. The number of fused-ring (bicyclic) bond motifs is 1. The van der Waals surface area contributed by atoms with Gasteiger partial charge in [0.05, 0.1) is 6.61 Å². The molecule has 3 N–H and O–H groups in total. The van der Waals surface area contributed by atoms with E-state index in [-0.39, 0.29) is 24.9 Å². The summed E-state index contributed by atoms with van der Waals surface area (Å²) in [6, 6.07) is 0. The van der Waals surface area contributed by atoms with Gasteiger partial charge in [0.15, 0.2) is 11.6 Å². The van der Waals surface area contributed by atoms with Crippen LogP contribution in [0.2, 0.25) is 0 Å². The molecule has 5 rings (SSSR count). The van der Waals surface area contributed by atoms with E-state index in [9.17, 15) is 29.7 Å². The van der Waals surface area contributed by atoms with E-state index in [1.54, 1.807) is 20.8 Å². The van der Waals surface area contributed by atoms with Crippen LogP contribution >= 0.6 is 0 Å². The van der Waals surface area contributed by atoms with Crippen LogP contribution in [-0.4, -0.2) is 69.9 Å². The Hall–Kier alpha value is -1.81. The van der Waals surface area contributed by atoms with E-state index in [4.69, 9.17) is 14.2 Å². The molecule has 34 heavy (non-hydrogen) atoms. The Morgan fingerprint density at radius 1 is 1.29 bits per heavy atom. The first-order valence-corrected chi connectivity index (χ1v) is 12.1. The number of rotatable bonds is 3. The minimum atomic E-state index is -2.06. The molecule has 0 radical (unpaired) electrons. The predicted octanol–water partition coefficient (Wildman–Crippen LogP) is 0.734. The molecule has 2 saturated carbocycles. The first kappa shape index (κ1) is 23.9. The normalized spacial score (nSPS) is 51.4. The molecule has 0 unspecified atom stereocenters. The molecule has 5 aliphatic rings. The van der Waals surface area contributed by atoms with Crippen molar-refractivity contribution in [1.82, 2.24) is 0 Å². The third kappa shape index (κ3) is 2.72. The number of aliphatic hydroxyl groups is 3. The fourth-order valence-corrected chi connectivity index (χ4v) is 8.26. The molecule has 3 aliphatic carbocycles. The molecule has 0 amide bonds. The summed E-state index contributed by atoms with van der Waals surface area (Å²) in [5, 5.41) is 34.3. The molecule has 2 saturated heterocycles. The Morgan fingerprint density at radius 3 is 2.62 bits per heavy atom. The standard InChI is InChI=1S/C25H34O9/c1-10(2)6-16(27)34-18-17-12(4)19(28)25(31)22-23(5)13(11(3)7-14(26)20(23)29)8-15(33-21(18)30)24(17,22)9-32-25/h7,10,12-13,15,17-20,22,28-29,31H,6,8-9H2,1-5H3/t12-,13+,15-,17-,18-,19-,20-,22-,23-,24+,25-/m1/s1. The maximum absolute atomic E-state index is 13.2. The van der Waals surface area contributed by atoms with Crippen molar-refractivity contribution in [1.29, 1.82) is 0 Å². The van der Waals surface area contributed by atoms with E-state index in [2.05, 4.69) is 0 Å². The van der Waals surface area contributed by atoms with E-state index in [0.717, 1.165) is 5.57 Å². The van der Waals surface area contributed by atoms with Crippen LogP contribution in [0.5, 0.6) is 0 Å². The van der Waals surface area contributed by atoms with Crippen LogP contribution in [-0.2, 0) is 28.6 Å². The highest BCUT2D eigenvalue weighted by atomic mass is 16.7. The van der Waals surface area contributed by atoms with Crippen molar-refractivity contribution >= 4 is 17.7 Å². The number of ether oxygens (including phenoxy) is 3. The Balaban J connectivity index is 1.68. The van der Waals surface area contributed by atoms with Gasteiger partial charge in [0.1, 0.15) is 18.3 Å². The summed E-state index contributed by atoms with van der Waals surface area (Å²) in [6.45, 7) is 8.91. The highest BCUT2D eigenvalue weighted by Crippen LogP contribution is 2.73. The third-order valence-corrected chi connectivity index (χ3v) is 9.46. The average Bonchev–Trinajstić information content (AvgIpc) is 3.03. The number of carbonyl (C=O) groups is 3. The number of carbonyl (C=O) groups excluding carboxylic acids is 3. The van der Waals surface area contributed by atoms with Crippen LogP contribution in [0.15, 0.2) is 11.6 Å². The van der Waals surface area contributed by atoms with Gasteiger partial charge in [-0.15, -0.1) is 0 Å². The quantitative estimate of drug-likeness (QED) is 0.501. The largest absolute Gasteiger partial charge is 0.459 e. The second-order valence-electron chi connectivity index (χ2n) is 11.7. The molecular weight excluding hydrogens is 444 g/mol. The second-order valence-corrected chi connectivity index (χ2v) is 11.7. The Labute approximate surface area is 198 Å². The Morgan fingerprint density at radius 2 is 1.97 bits per heavy atom. The topological polar surface area (TPSA) is 140 Å². The minimum Gasteiger partial charge on any atom is -0.459 e. The molecule has 2 heterocycles. The van der Waals surface area contributed by atoms with Crippen molar-refractivity contribution in [2.75, 3.05) is 6.61 Å². The average molecular weight is 479 g/mol. The lowest BCUT2D eigenvalue weighted by Gasteiger charge is -2.68. The monoisotopic (exact) mass is 478 g/mol. The summed E-state index contributed by atoms with van der Waals surface area (Å²) >= 11 is 0. The summed E-state index contributed by atoms with van der Waals surface area (Å²) in [6.07, 6.45) is -2.99. The molecule has 0 aromatic rings. The van der Waals surface area contributed by atoms with E-state index in [1.807, 2.05) is 13.8 Å². The molecule has 2 aliphatic heterocycles. The van der Waals surface area contributed by atoms with Gasteiger partial charge in [-0.05, 0) is 37.2 Å². The van der Waals surface area contributed by atoms with E-state index in [0.29, 0.717) is 6.42 Å². The fourth-order valence-electron chi connectivity index (χ4n) is 8.26. The molecule has 9 heteroatoms. The lowest BCUT2D eigenvalue weighted by atomic mass is 9.38. The van der Waals surface area contributed by atoms with Crippen LogP contribution < -0.4 is 0 Å². The van der Waals surface area contributed by atoms with Crippen LogP contribution in [0.1, 0.15) is 47.5 Å². The fraction of sp³-hybridized carbons (Fsp3) is 0.800. The number of aliphatic hydroxyl groups excluding tert-OH is 2. The number of ketones is 1. The van der Waals surface area contributed by atoms with Gasteiger partial charge in [-0.1, -0.05) is 33.3 Å². The van der Waals surface area contributed by atoms with Crippen LogP contribution in [0.25, 0.3) is 0 Å². The second kappa shape index (κ2) is 7.35. The van der Waals surface area contributed by atoms with Crippen LogP contribution in [0.3, 0.4) is 0 Å². The number of allylic oxidation sites excluding steroid dienone is 1. The van der Waals surface area contributed by atoms with Gasteiger partial charge < -0.3 is 29.5 Å².